The van der Waals surface area contributed by atoms with Gasteiger partial charge in [-0.3, -0.25) is 0 Å². The molecular weight excluding hydrogens is 725 g/mol. The van der Waals surface area contributed by atoms with Crippen molar-refractivity contribution in [2.75, 3.05) is 4.90 Å². The van der Waals surface area contributed by atoms with Gasteiger partial charge in [-0.2, -0.15) is 0 Å². The lowest BCUT2D eigenvalue weighted by atomic mass is 9.98. The monoisotopic (exact) mass is 758 g/mol. The van der Waals surface area contributed by atoms with Crippen LogP contribution in [0.1, 0.15) is 0 Å². The van der Waals surface area contributed by atoms with Gasteiger partial charge in [-0.05, 0) is 95.6 Å². The van der Waals surface area contributed by atoms with Crippen LogP contribution in [0, 0.1) is 0 Å². The number of nitrogens with zero attached hydrogens (tertiary/aromatic N) is 2. The maximum atomic E-state index is 6.84. The smallest absolute Gasteiger partial charge is 0.145 e. The van der Waals surface area contributed by atoms with Crippen molar-refractivity contribution in [3.05, 3.63) is 206 Å². The highest BCUT2D eigenvalue weighted by Crippen LogP contribution is 2.46. The topological polar surface area (TPSA) is 21.3 Å². The van der Waals surface area contributed by atoms with Crippen LogP contribution in [-0.2, 0) is 0 Å². The third-order valence-electron chi connectivity index (χ3n) is 11.6. The fraction of sp³-hybridized carbons (Fsp3) is 0. The Morgan fingerprint density at radius 2 is 1.00 bits per heavy atom. The molecule has 0 amide bonds. The van der Waals surface area contributed by atoms with Crippen LogP contribution in [0.4, 0.5) is 17.1 Å². The zero-order valence-corrected chi connectivity index (χ0v) is 32.2. The van der Waals surface area contributed by atoms with Crippen LogP contribution in [0.25, 0.3) is 91.9 Å². The Bertz CT molecular complexity index is 3490. The third-order valence-corrected chi connectivity index (χ3v) is 12.7. The number of benzene rings is 9. The van der Waals surface area contributed by atoms with Crippen LogP contribution in [0.5, 0.6) is 0 Å². The van der Waals surface area contributed by atoms with Gasteiger partial charge in [0.1, 0.15) is 11.2 Å². The molecule has 58 heavy (non-hydrogen) atoms. The first kappa shape index (κ1) is 32.8. The summed E-state index contributed by atoms with van der Waals surface area (Å²) in [5, 5.41) is 7.22. The van der Waals surface area contributed by atoms with Crippen LogP contribution >= 0.6 is 11.3 Å². The fourth-order valence-corrected chi connectivity index (χ4v) is 10.0. The van der Waals surface area contributed by atoms with Gasteiger partial charge in [0.2, 0.25) is 0 Å². The van der Waals surface area contributed by atoms with Crippen molar-refractivity contribution in [1.82, 2.24) is 4.57 Å². The standard InChI is InChI=1S/C54H34N2OS/c1-3-13-35(14-4-1)36-23-27-39(28-24-36)55(41-31-32-51-46(33-41)43-18-9-12-22-50(43)58-51)40-29-25-37(26-30-40)45-34-47-42-17-7-10-20-48(42)56(38-15-5-2-6-16-38)53(47)52-44-19-8-11-21-49(44)57-54(45)52/h1-34H. The van der Waals surface area contributed by atoms with Crippen LogP contribution in [-0.4, -0.2) is 4.57 Å². The maximum Gasteiger partial charge on any atom is 0.145 e. The molecule has 0 spiro atoms. The molecule has 3 heterocycles. The van der Waals surface area contributed by atoms with Gasteiger partial charge < -0.3 is 13.9 Å². The number of para-hydroxylation sites is 3. The van der Waals surface area contributed by atoms with E-state index in [-0.39, 0.29) is 0 Å². The van der Waals surface area contributed by atoms with E-state index in [0.717, 1.165) is 61.3 Å². The number of hydrogen-bond acceptors (Lipinski definition) is 3. The molecule has 3 nitrogen and oxygen atoms in total. The van der Waals surface area contributed by atoms with Crippen molar-refractivity contribution in [2.45, 2.75) is 0 Å². The number of aromatic nitrogens is 1. The summed E-state index contributed by atoms with van der Waals surface area (Å²) in [7, 11) is 0. The van der Waals surface area contributed by atoms with Crippen molar-refractivity contribution in [3.8, 4) is 27.9 Å². The number of thiophene rings is 1. The molecule has 0 atom stereocenters. The van der Waals surface area contributed by atoms with Gasteiger partial charge >= 0.3 is 0 Å². The maximum absolute atomic E-state index is 6.84. The first-order chi connectivity index (χ1) is 28.8. The van der Waals surface area contributed by atoms with Crippen molar-refractivity contribution < 1.29 is 4.42 Å². The summed E-state index contributed by atoms with van der Waals surface area (Å²) in [6, 6.07) is 74.3. The van der Waals surface area contributed by atoms with Gasteiger partial charge in [0, 0.05) is 64.6 Å². The highest BCUT2D eigenvalue weighted by Gasteiger charge is 2.23. The van der Waals surface area contributed by atoms with E-state index in [1.807, 2.05) is 11.3 Å². The lowest BCUT2D eigenvalue weighted by Gasteiger charge is -2.26. The van der Waals surface area contributed by atoms with E-state index >= 15 is 0 Å². The molecule has 0 aliphatic heterocycles. The van der Waals surface area contributed by atoms with E-state index in [1.165, 1.54) is 47.6 Å². The zero-order chi connectivity index (χ0) is 38.2. The minimum atomic E-state index is 0.884. The Balaban J connectivity index is 1.05. The van der Waals surface area contributed by atoms with Crippen molar-refractivity contribution in [2.24, 2.45) is 0 Å². The van der Waals surface area contributed by atoms with Crippen LogP contribution in [0.3, 0.4) is 0 Å². The number of hydrogen-bond donors (Lipinski definition) is 0. The zero-order valence-electron chi connectivity index (χ0n) is 31.3. The number of fused-ring (bicyclic) bond motifs is 10. The molecule has 12 rings (SSSR count). The van der Waals surface area contributed by atoms with Gasteiger partial charge in [-0.15, -0.1) is 11.3 Å². The number of anilines is 3. The quantitative estimate of drug-likeness (QED) is 0.168. The van der Waals surface area contributed by atoms with E-state index in [0.29, 0.717) is 0 Å². The normalized spacial score (nSPS) is 11.8. The van der Waals surface area contributed by atoms with Crippen LogP contribution in [0.15, 0.2) is 211 Å². The second-order valence-corrected chi connectivity index (χ2v) is 16.0. The molecular formula is C54H34N2OS. The minimum Gasteiger partial charge on any atom is -0.455 e. The summed E-state index contributed by atoms with van der Waals surface area (Å²) in [6.07, 6.45) is 0. The fourth-order valence-electron chi connectivity index (χ4n) is 8.92. The molecule has 0 N–H and O–H groups in total. The summed E-state index contributed by atoms with van der Waals surface area (Å²) in [6.45, 7) is 0. The predicted octanol–water partition coefficient (Wildman–Crippen LogP) is 15.9. The molecule has 0 saturated heterocycles. The second-order valence-electron chi connectivity index (χ2n) is 14.9. The number of rotatable bonds is 6. The summed E-state index contributed by atoms with van der Waals surface area (Å²) >= 11 is 1.85. The average molecular weight is 759 g/mol. The Morgan fingerprint density at radius 1 is 0.414 bits per heavy atom. The molecule has 4 heteroatoms. The Morgan fingerprint density at radius 3 is 1.78 bits per heavy atom. The molecule has 0 saturated carbocycles. The first-order valence-corrected chi connectivity index (χ1v) is 20.5. The first-order valence-electron chi connectivity index (χ1n) is 19.7. The van der Waals surface area contributed by atoms with Crippen molar-refractivity contribution in [3.63, 3.8) is 0 Å². The summed E-state index contributed by atoms with van der Waals surface area (Å²) in [5.41, 5.74) is 13.1. The lowest BCUT2D eigenvalue weighted by Crippen LogP contribution is -2.09. The largest absolute Gasteiger partial charge is 0.455 e. The van der Waals surface area contributed by atoms with Gasteiger partial charge in [0.05, 0.1) is 16.4 Å². The van der Waals surface area contributed by atoms with Crippen LogP contribution < -0.4 is 4.90 Å². The Hall–Kier alpha value is -7.40. The van der Waals surface area contributed by atoms with E-state index in [2.05, 4.69) is 216 Å². The SMILES string of the molecule is c1ccc(-c2ccc(N(c3ccc(-c4cc5c6ccccc6n(-c6ccccc6)c5c5c4oc4ccccc45)cc3)c3ccc4sc5ccccc5c4c3)cc2)cc1. The molecule has 272 valence electrons. The highest BCUT2D eigenvalue weighted by atomic mass is 32.1. The van der Waals surface area contributed by atoms with Crippen LogP contribution in [0.2, 0.25) is 0 Å². The van der Waals surface area contributed by atoms with E-state index in [1.54, 1.807) is 0 Å². The molecule has 12 aromatic rings. The van der Waals surface area contributed by atoms with E-state index in [9.17, 15) is 0 Å². The van der Waals surface area contributed by atoms with Gasteiger partial charge in [-0.25, -0.2) is 0 Å². The summed E-state index contributed by atoms with van der Waals surface area (Å²) in [4.78, 5) is 2.37. The Kier molecular flexibility index (Phi) is 7.40. The predicted molar refractivity (Wildman–Crippen MR) is 247 cm³/mol. The molecule has 0 fully saturated rings. The van der Waals surface area contributed by atoms with Gasteiger partial charge in [0.25, 0.3) is 0 Å². The minimum absolute atomic E-state index is 0.884. The van der Waals surface area contributed by atoms with Gasteiger partial charge in [-0.1, -0.05) is 127 Å². The van der Waals surface area contributed by atoms with Crippen molar-refractivity contribution in [1.29, 1.82) is 0 Å². The summed E-state index contributed by atoms with van der Waals surface area (Å²) < 4.78 is 11.8. The Labute approximate surface area is 338 Å². The molecule has 0 bridgehead atoms. The second kappa shape index (κ2) is 13.1. The van der Waals surface area contributed by atoms with Crippen molar-refractivity contribution >= 4 is 92.3 Å². The third kappa shape index (κ3) is 5.12. The molecule has 0 unspecified atom stereocenters. The lowest BCUT2D eigenvalue weighted by molar-refractivity contribution is 0.670. The molecule has 3 aromatic heterocycles. The molecule has 0 radical (unpaired) electrons. The van der Waals surface area contributed by atoms with Gasteiger partial charge in [0.15, 0.2) is 0 Å². The average Bonchev–Trinajstić information content (AvgIpc) is 3.97. The number of furan rings is 1. The summed E-state index contributed by atoms with van der Waals surface area (Å²) in [5.74, 6) is 0. The van der Waals surface area contributed by atoms with E-state index < -0.39 is 0 Å². The molecule has 0 aliphatic carbocycles. The van der Waals surface area contributed by atoms with E-state index in [4.69, 9.17) is 4.42 Å². The molecule has 9 aromatic carbocycles. The molecule has 0 aliphatic rings. The highest BCUT2D eigenvalue weighted by molar-refractivity contribution is 7.25.